The summed E-state index contributed by atoms with van der Waals surface area (Å²) in [5.74, 6) is 0. The van der Waals surface area contributed by atoms with Crippen LogP contribution in [0.25, 0.3) is 0 Å². The molecule has 2 atom stereocenters. The third-order valence-electron chi connectivity index (χ3n) is 4.36. The number of aryl methyl sites for hydroxylation is 2. The predicted octanol–water partition coefficient (Wildman–Crippen LogP) is 4.53. The quantitative estimate of drug-likeness (QED) is 0.825. The van der Waals surface area contributed by atoms with Crippen LogP contribution in [0.2, 0.25) is 0 Å². The maximum Gasteiger partial charge on any atom is 0.0297 e. The molecular formula is C17H27N. The van der Waals surface area contributed by atoms with Gasteiger partial charge in [0.1, 0.15) is 0 Å². The van der Waals surface area contributed by atoms with Crippen LogP contribution in [-0.4, -0.2) is 6.04 Å². The Hall–Kier alpha value is -0.820. The van der Waals surface area contributed by atoms with E-state index >= 15 is 0 Å². The zero-order valence-corrected chi connectivity index (χ0v) is 12.5. The predicted molar refractivity (Wildman–Crippen MR) is 78.9 cm³/mol. The van der Waals surface area contributed by atoms with E-state index in [1.807, 2.05) is 0 Å². The maximum atomic E-state index is 3.82. The molecule has 1 aliphatic rings. The van der Waals surface area contributed by atoms with Crippen LogP contribution in [-0.2, 0) is 0 Å². The summed E-state index contributed by atoms with van der Waals surface area (Å²) in [6.45, 7) is 11.5. The summed E-state index contributed by atoms with van der Waals surface area (Å²) in [6.07, 6.45) is 3.98. The minimum atomic E-state index is 0.462. The van der Waals surface area contributed by atoms with Crippen molar-refractivity contribution in [2.75, 3.05) is 0 Å². The smallest absolute Gasteiger partial charge is 0.0297 e. The van der Waals surface area contributed by atoms with Gasteiger partial charge in [-0.3, -0.25) is 0 Å². The van der Waals surface area contributed by atoms with Crippen molar-refractivity contribution in [3.63, 3.8) is 0 Å². The van der Waals surface area contributed by atoms with Gasteiger partial charge in [0.05, 0.1) is 0 Å². The van der Waals surface area contributed by atoms with E-state index in [2.05, 4.69) is 58.1 Å². The molecule has 1 fully saturated rings. The van der Waals surface area contributed by atoms with Crippen LogP contribution in [0, 0.1) is 19.3 Å². The van der Waals surface area contributed by atoms with Crippen molar-refractivity contribution in [3.05, 3.63) is 34.9 Å². The third-order valence-corrected chi connectivity index (χ3v) is 4.36. The molecule has 1 N–H and O–H groups in total. The average molecular weight is 245 g/mol. The van der Waals surface area contributed by atoms with E-state index in [4.69, 9.17) is 0 Å². The fourth-order valence-corrected chi connectivity index (χ4v) is 3.25. The highest BCUT2D eigenvalue weighted by atomic mass is 15.0. The lowest BCUT2D eigenvalue weighted by atomic mass is 9.91. The Labute approximate surface area is 112 Å². The topological polar surface area (TPSA) is 12.0 Å². The van der Waals surface area contributed by atoms with Gasteiger partial charge < -0.3 is 5.32 Å². The molecule has 1 heteroatoms. The molecule has 0 aromatic heterocycles. The van der Waals surface area contributed by atoms with Crippen molar-refractivity contribution in [2.45, 2.75) is 66.0 Å². The van der Waals surface area contributed by atoms with E-state index in [0.29, 0.717) is 17.5 Å². The van der Waals surface area contributed by atoms with Crippen LogP contribution in [0.4, 0.5) is 0 Å². The lowest BCUT2D eigenvalue weighted by Crippen LogP contribution is -2.30. The lowest BCUT2D eigenvalue weighted by Gasteiger charge is -2.23. The van der Waals surface area contributed by atoms with Crippen molar-refractivity contribution in [3.8, 4) is 0 Å². The first-order valence-corrected chi connectivity index (χ1v) is 7.21. The Morgan fingerprint density at radius 2 is 2.00 bits per heavy atom. The van der Waals surface area contributed by atoms with Gasteiger partial charge in [-0.25, -0.2) is 0 Å². The van der Waals surface area contributed by atoms with Crippen LogP contribution in [0.3, 0.4) is 0 Å². The van der Waals surface area contributed by atoms with Crippen molar-refractivity contribution in [2.24, 2.45) is 5.41 Å². The Morgan fingerprint density at radius 1 is 1.28 bits per heavy atom. The second-order valence-electron chi connectivity index (χ2n) is 6.85. The van der Waals surface area contributed by atoms with Gasteiger partial charge in [-0.05, 0) is 56.6 Å². The third kappa shape index (κ3) is 3.14. The molecule has 0 aliphatic heterocycles. The van der Waals surface area contributed by atoms with Gasteiger partial charge in [-0.2, -0.15) is 0 Å². The Bertz CT molecular complexity index is 420. The van der Waals surface area contributed by atoms with Crippen LogP contribution in [0.1, 0.15) is 62.8 Å². The van der Waals surface area contributed by atoms with E-state index in [1.54, 1.807) is 0 Å². The molecule has 1 aromatic rings. The van der Waals surface area contributed by atoms with Crippen LogP contribution >= 0.6 is 0 Å². The SMILES string of the molecule is Cc1ccc(C)c(C(C)NC2CCC(C)(C)C2)c1. The van der Waals surface area contributed by atoms with E-state index in [1.165, 1.54) is 36.0 Å². The Morgan fingerprint density at radius 3 is 2.61 bits per heavy atom. The molecule has 0 amide bonds. The molecule has 0 bridgehead atoms. The Balaban J connectivity index is 2.04. The highest BCUT2D eigenvalue weighted by Crippen LogP contribution is 2.37. The fourth-order valence-electron chi connectivity index (χ4n) is 3.25. The number of rotatable bonds is 3. The van der Waals surface area contributed by atoms with E-state index in [9.17, 15) is 0 Å². The van der Waals surface area contributed by atoms with Crippen molar-refractivity contribution in [1.29, 1.82) is 0 Å². The molecule has 0 heterocycles. The van der Waals surface area contributed by atoms with Gasteiger partial charge in [-0.1, -0.05) is 37.6 Å². The first kappa shape index (κ1) is 13.6. The summed E-state index contributed by atoms with van der Waals surface area (Å²) in [5, 5.41) is 3.82. The molecule has 2 unspecified atom stereocenters. The summed E-state index contributed by atoms with van der Waals surface area (Å²) in [4.78, 5) is 0. The number of benzene rings is 1. The zero-order chi connectivity index (χ0) is 13.3. The lowest BCUT2D eigenvalue weighted by molar-refractivity contribution is 0.356. The minimum Gasteiger partial charge on any atom is -0.307 e. The van der Waals surface area contributed by atoms with Gasteiger partial charge in [0.2, 0.25) is 0 Å². The minimum absolute atomic E-state index is 0.462. The molecule has 1 nitrogen and oxygen atoms in total. The molecule has 0 spiro atoms. The van der Waals surface area contributed by atoms with Gasteiger partial charge in [0.15, 0.2) is 0 Å². The molecule has 0 saturated heterocycles. The molecule has 0 radical (unpaired) electrons. The molecule has 2 rings (SSSR count). The van der Waals surface area contributed by atoms with Crippen molar-refractivity contribution in [1.82, 2.24) is 5.32 Å². The number of nitrogens with one attached hydrogen (secondary N) is 1. The number of hydrogen-bond donors (Lipinski definition) is 1. The van der Waals surface area contributed by atoms with E-state index < -0.39 is 0 Å². The largest absolute Gasteiger partial charge is 0.307 e. The highest BCUT2D eigenvalue weighted by molar-refractivity contribution is 5.32. The standard InChI is InChI=1S/C17H27N/c1-12-6-7-13(2)16(10-12)14(3)18-15-8-9-17(4,5)11-15/h6-7,10,14-15,18H,8-9,11H2,1-5H3. The van der Waals surface area contributed by atoms with Crippen LogP contribution in [0.15, 0.2) is 18.2 Å². The normalized spacial score (nSPS) is 24.2. The summed E-state index contributed by atoms with van der Waals surface area (Å²) >= 11 is 0. The van der Waals surface area contributed by atoms with Crippen LogP contribution in [0.5, 0.6) is 0 Å². The highest BCUT2D eigenvalue weighted by Gasteiger charge is 2.31. The summed E-state index contributed by atoms with van der Waals surface area (Å²) in [6, 6.07) is 7.91. The van der Waals surface area contributed by atoms with Crippen molar-refractivity contribution >= 4 is 0 Å². The fraction of sp³-hybridized carbons (Fsp3) is 0.647. The molecule has 1 saturated carbocycles. The zero-order valence-electron chi connectivity index (χ0n) is 12.5. The van der Waals surface area contributed by atoms with Gasteiger partial charge in [-0.15, -0.1) is 0 Å². The second kappa shape index (κ2) is 5.05. The summed E-state index contributed by atoms with van der Waals surface area (Å²) < 4.78 is 0. The van der Waals surface area contributed by atoms with E-state index in [-0.39, 0.29) is 0 Å². The van der Waals surface area contributed by atoms with Gasteiger partial charge >= 0.3 is 0 Å². The van der Waals surface area contributed by atoms with Gasteiger partial charge in [0.25, 0.3) is 0 Å². The first-order valence-electron chi connectivity index (χ1n) is 7.21. The molecule has 1 aliphatic carbocycles. The summed E-state index contributed by atoms with van der Waals surface area (Å²) in [5.41, 5.74) is 4.74. The number of hydrogen-bond acceptors (Lipinski definition) is 1. The summed E-state index contributed by atoms with van der Waals surface area (Å²) in [7, 11) is 0. The monoisotopic (exact) mass is 245 g/mol. The molecule has 100 valence electrons. The molecule has 18 heavy (non-hydrogen) atoms. The van der Waals surface area contributed by atoms with Crippen molar-refractivity contribution < 1.29 is 0 Å². The molecular weight excluding hydrogens is 218 g/mol. The first-order chi connectivity index (χ1) is 8.37. The Kier molecular flexibility index (Phi) is 3.82. The van der Waals surface area contributed by atoms with Crippen LogP contribution < -0.4 is 5.32 Å². The average Bonchev–Trinajstić information content (AvgIpc) is 2.61. The maximum absolute atomic E-state index is 3.82. The molecule has 1 aromatic carbocycles. The second-order valence-corrected chi connectivity index (χ2v) is 6.85. The van der Waals surface area contributed by atoms with E-state index in [0.717, 1.165) is 0 Å². The van der Waals surface area contributed by atoms with Gasteiger partial charge in [0, 0.05) is 12.1 Å².